The van der Waals surface area contributed by atoms with Gasteiger partial charge in [0.1, 0.15) is 0 Å². The molecule has 0 bridgehead atoms. The van der Waals surface area contributed by atoms with E-state index in [1.54, 1.807) is 0 Å². The molecule has 1 amide bonds. The van der Waals surface area contributed by atoms with E-state index in [1.807, 2.05) is 7.05 Å². The summed E-state index contributed by atoms with van der Waals surface area (Å²) >= 11 is 0. The Morgan fingerprint density at radius 3 is 2.27 bits per heavy atom. The van der Waals surface area contributed by atoms with Crippen molar-refractivity contribution >= 4 is 5.91 Å². The molecule has 1 aliphatic carbocycles. The second-order valence-corrected chi connectivity index (χ2v) is 5.63. The molecule has 0 aromatic rings. The first-order valence-electron chi connectivity index (χ1n) is 6.00. The van der Waals surface area contributed by atoms with Crippen molar-refractivity contribution < 1.29 is 4.79 Å². The van der Waals surface area contributed by atoms with Crippen LogP contribution in [0, 0.1) is 11.3 Å². The van der Waals surface area contributed by atoms with Gasteiger partial charge in [-0.1, -0.05) is 13.8 Å². The second kappa shape index (κ2) is 3.78. The van der Waals surface area contributed by atoms with Gasteiger partial charge in [-0.25, -0.2) is 0 Å². The Bertz CT molecular complexity index is 254. The first kappa shape index (κ1) is 10.9. The molecule has 2 aliphatic rings. The van der Waals surface area contributed by atoms with E-state index in [9.17, 15) is 4.79 Å². The molecular weight excluding hydrogens is 188 g/mol. The van der Waals surface area contributed by atoms with Crippen LogP contribution >= 0.6 is 0 Å². The van der Waals surface area contributed by atoms with E-state index in [2.05, 4.69) is 24.1 Å². The molecule has 1 saturated carbocycles. The summed E-state index contributed by atoms with van der Waals surface area (Å²) in [5, 5.41) is 3.29. The summed E-state index contributed by atoms with van der Waals surface area (Å²) in [7, 11) is 2.01. The zero-order valence-corrected chi connectivity index (χ0v) is 10.0. The molecule has 2 rings (SSSR count). The normalized spacial score (nSPS) is 30.3. The molecular formula is C12H22N2O. The fraction of sp³-hybridized carbons (Fsp3) is 0.917. The van der Waals surface area contributed by atoms with Crippen molar-refractivity contribution in [3.63, 3.8) is 0 Å². The number of hydrogen-bond donors (Lipinski definition) is 1. The number of hydrogen-bond acceptors (Lipinski definition) is 2. The minimum absolute atomic E-state index is 0.275. The summed E-state index contributed by atoms with van der Waals surface area (Å²) in [6, 6.07) is 0.612. The summed E-state index contributed by atoms with van der Waals surface area (Å²) in [6.07, 6.45) is 3.29. The first-order chi connectivity index (χ1) is 7.04. The Balaban J connectivity index is 1.84. The highest BCUT2D eigenvalue weighted by Crippen LogP contribution is 2.52. The van der Waals surface area contributed by atoms with E-state index in [0.29, 0.717) is 17.9 Å². The fourth-order valence-electron chi connectivity index (χ4n) is 2.50. The standard InChI is InChI=1S/C12H22N2O/c1-12(2)8-10(12)11(15)14-6-4-9(13-3)5-7-14/h9-10,13H,4-8H2,1-3H3. The third-order valence-electron chi connectivity index (χ3n) is 4.03. The Hall–Kier alpha value is -0.570. The van der Waals surface area contributed by atoms with Crippen LogP contribution in [0.4, 0.5) is 0 Å². The molecule has 0 radical (unpaired) electrons. The molecule has 1 unspecified atom stereocenters. The lowest BCUT2D eigenvalue weighted by Crippen LogP contribution is -2.44. The van der Waals surface area contributed by atoms with Gasteiger partial charge in [0.05, 0.1) is 0 Å². The monoisotopic (exact) mass is 210 g/mol. The third-order valence-corrected chi connectivity index (χ3v) is 4.03. The van der Waals surface area contributed by atoms with Crippen LogP contribution in [0.15, 0.2) is 0 Å². The SMILES string of the molecule is CNC1CCN(C(=O)C2CC2(C)C)CC1. The summed E-state index contributed by atoms with van der Waals surface area (Å²) in [5.74, 6) is 0.707. The van der Waals surface area contributed by atoms with E-state index in [1.165, 1.54) is 0 Å². The van der Waals surface area contributed by atoms with Crippen LogP contribution in [0.5, 0.6) is 0 Å². The summed E-state index contributed by atoms with van der Waals surface area (Å²) < 4.78 is 0. The lowest BCUT2D eigenvalue weighted by molar-refractivity contribution is -0.134. The summed E-state index contributed by atoms with van der Waals surface area (Å²) in [4.78, 5) is 14.1. The number of piperidine rings is 1. The van der Waals surface area contributed by atoms with Gasteiger partial charge in [0.2, 0.25) is 5.91 Å². The highest BCUT2D eigenvalue weighted by Gasteiger charge is 2.52. The fourth-order valence-corrected chi connectivity index (χ4v) is 2.50. The predicted molar refractivity (Wildman–Crippen MR) is 60.5 cm³/mol. The molecule has 1 saturated heterocycles. The van der Waals surface area contributed by atoms with Crippen LogP contribution in [0.25, 0.3) is 0 Å². The number of nitrogens with one attached hydrogen (secondary N) is 1. The molecule has 2 fully saturated rings. The molecule has 15 heavy (non-hydrogen) atoms. The highest BCUT2D eigenvalue weighted by atomic mass is 16.2. The maximum Gasteiger partial charge on any atom is 0.226 e. The lowest BCUT2D eigenvalue weighted by atomic mass is 10.0. The molecule has 86 valence electrons. The summed E-state index contributed by atoms with van der Waals surface area (Å²) in [6.45, 7) is 6.26. The molecule has 3 heteroatoms. The molecule has 1 heterocycles. The van der Waals surface area contributed by atoms with Crippen LogP contribution in [0.1, 0.15) is 33.1 Å². The van der Waals surface area contributed by atoms with Gasteiger partial charge in [-0.05, 0) is 31.7 Å². The number of carbonyl (C=O) groups excluding carboxylic acids is 1. The average molecular weight is 210 g/mol. The van der Waals surface area contributed by atoms with Crippen molar-refractivity contribution in [3.8, 4) is 0 Å². The van der Waals surface area contributed by atoms with Crippen LogP contribution in [-0.4, -0.2) is 37.0 Å². The maximum atomic E-state index is 12.1. The van der Waals surface area contributed by atoms with E-state index in [0.717, 1.165) is 32.4 Å². The van der Waals surface area contributed by atoms with Crippen molar-refractivity contribution in [3.05, 3.63) is 0 Å². The third kappa shape index (κ3) is 2.17. The predicted octanol–water partition coefficient (Wildman–Crippen LogP) is 1.24. The van der Waals surface area contributed by atoms with Gasteiger partial charge >= 0.3 is 0 Å². The molecule has 1 aliphatic heterocycles. The van der Waals surface area contributed by atoms with Crippen molar-refractivity contribution in [2.24, 2.45) is 11.3 Å². The average Bonchev–Trinajstić information content (AvgIpc) is 2.87. The Morgan fingerprint density at radius 2 is 1.87 bits per heavy atom. The van der Waals surface area contributed by atoms with Crippen molar-refractivity contribution in [2.45, 2.75) is 39.2 Å². The van der Waals surface area contributed by atoms with Crippen LogP contribution < -0.4 is 5.32 Å². The van der Waals surface area contributed by atoms with Crippen LogP contribution in [0.3, 0.4) is 0 Å². The van der Waals surface area contributed by atoms with E-state index < -0.39 is 0 Å². The van der Waals surface area contributed by atoms with Gasteiger partial charge in [0.15, 0.2) is 0 Å². The van der Waals surface area contributed by atoms with Gasteiger partial charge in [-0.3, -0.25) is 4.79 Å². The van der Waals surface area contributed by atoms with Gasteiger partial charge in [-0.2, -0.15) is 0 Å². The smallest absolute Gasteiger partial charge is 0.226 e. The minimum Gasteiger partial charge on any atom is -0.342 e. The van der Waals surface area contributed by atoms with Crippen LogP contribution in [-0.2, 0) is 4.79 Å². The van der Waals surface area contributed by atoms with Crippen molar-refractivity contribution in [1.82, 2.24) is 10.2 Å². The lowest BCUT2D eigenvalue weighted by Gasteiger charge is -2.32. The van der Waals surface area contributed by atoms with E-state index >= 15 is 0 Å². The van der Waals surface area contributed by atoms with Gasteiger partial charge < -0.3 is 10.2 Å². The molecule has 1 atom stereocenters. The Labute approximate surface area is 92.2 Å². The number of likely N-dealkylation sites (tertiary alicyclic amines) is 1. The van der Waals surface area contributed by atoms with Crippen LogP contribution in [0.2, 0.25) is 0 Å². The maximum absolute atomic E-state index is 12.1. The van der Waals surface area contributed by atoms with E-state index in [-0.39, 0.29) is 5.41 Å². The topological polar surface area (TPSA) is 32.3 Å². The molecule has 0 aromatic heterocycles. The molecule has 3 nitrogen and oxygen atoms in total. The number of nitrogens with zero attached hydrogens (tertiary/aromatic N) is 1. The summed E-state index contributed by atoms with van der Waals surface area (Å²) in [5.41, 5.74) is 0.275. The number of carbonyl (C=O) groups is 1. The van der Waals surface area contributed by atoms with Gasteiger partial charge in [0, 0.05) is 25.0 Å². The second-order valence-electron chi connectivity index (χ2n) is 5.63. The minimum atomic E-state index is 0.275. The first-order valence-corrected chi connectivity index (χ1v) is 6.00. The number of rotatable bonds is 2. The highest BCUT2D eigenvalue weighted by molar-refractivity contribution is 5.82. The van der Waals surface area contributed by atoms with Crippen molar-refractivity contribution in [1.29, 1.82) is 0 Å². The zero-order chi connectivity index (χ0) is 11.1. The largest absolute Gasteiger partial charge is 0.342 e. The Morgan fingerprint density at radius 1 is 1.33 bits per heavy atom. The quantitative estimate of drug-likeness (QED) is 0.744. The zero-order valence-electron chi connectivity index (χ0n) is 10.0. The molecule has 0 spiro atoms. The van der Waals surface area contributed by atoms with Gasteiger partial charge in [0.25, 0.3) is 0 Å². The molecule has 1 N–H and O–H groups in total. The Kier molecular flexibility index (Phi) is 2.75. The number of amides is 1. The molecule has 0 aromatic carbocycles. The van der Waals surface area contributed by atoms with Crippen molar-refractivity contribution in [2.75, 3.05) is 20.1 Å². The van der Waals surface area contributed by atoms with E-state index in [4.69, 9.17) is 0 Å². The van der Waals surface area contributed by atoms with Gasteiger partial charge in [-0.15, -0.1) is 0 Å².